The Hall–Kier alpha value is -2.33. The van der Waals surface area contributed by atoms with Gasteiger partial charge in [-0.3, -0.25) is 9.69 Å². The van der Waals surface area contributed by atoms with Gasteiger partial charge in [0.2, 0.25) is 5.91 Å². The Labute approximate surface area is 155 Å². The predicted molar refractivity (Wildman–Crippen MR) is 104 cm³/mol. The summed E-state index contributed by atoms with van der Waals surface area (Å²) in [6.07, 6.45) is 3.63. The van der Waals surface area contributed by atoms with Crippen LogP contribution in [-0.2, 0) is 11.2 Å². The lowest BCUT2D eigenvalue weighted by Gasteiger charge is -2.30. The summed E-state index contributed by atoms with van der Waals surface area (Å²) in [6, 6.07) is 14.8. The lowest BCUT2D eigenvalue weighted by atomic mass is 10.1. The molecule has 1 heterocycles. The number of benzene rings is 2. The highest BCUT2D eigenvalue weighted by Gasteiger charge is 2.38. The molecule has 2 aromatic carbocycles. The van der Waals surface area contributed by atoms with Crippen molar-refractivity contribution in [3.8, 4) is 5.75 Å². The van der Waals surface area contributed by atoms with Crippen LogP contribution < -0.4 is 10.1 Å². The summed E-state index contributed by atoms with van der Waals surface area (Å²) in [4.78, 5) is 13.9. The van der Waals surface area contributed by atoms with Gasteiger partial charge in [-0.15, -0.1) is 0 Å². The van der Waals surface area contributed by atoms with Crippen molar-refractivity contribution in [2.45, 2.75) is 45.3 Å². The first-order valence-corrected chi connectivity index (χ1v) is 9.48. The third-order valence-corrected chi connectivity index (χ3v) is 5.41. The molecule has 2 atom stereocenters. The highest BCUT2D eigenvalue weighted by molar-refractivity contribution is 5.88. The number of likely N-dealkylation sites (tertiary alicyclic amines) is 1. The molecule has 0 radical (unpaired) electrons. The Morgan fingerprint density at radius 2 is 1.96 bits per heavy atom. The first-order valence-electron chi connectivity index (χ1n) is 9.48. The van der Waals surface area contributed by atoms with Crippen LogP contribution in [0.3, 0.4) is 0 Å². The molecule has 26 heavy (non-hydrogen) atoms. The number of hydrogen-bond acceptors (Lipinski definition) is 3. The van der Waals surface area contributed by atoms with Gasteiger partial charge in [0.1, 0.15) is 11.9 Å². The molecule has 1 aliphatic carbocycles. The van der Waals surface area contributed by atoms with Crippen molar-refractivity contribution in [3.05, 3.63) is 59.2 Å². The Morgan fingerprint density at radius 3 is 2.73 bits per heavy atom. The van der Waals surface area contributed by atoms with Crippen molar-refractivity contribution in [1.82, 2.24) is 4.90 Å². The molecule has 4 heteroatoms. The molecule has 4 nitrogen and oxygen atoms in total. The monoisotopic (exact) mass is 350 g/mol. The number of nitrogens with zero attached hydrogens (tertiary/aromatic N) is 1. The summed E-state index contributed by atoms with van der Waals surface area (Å²) in [6.45, 7) is 5.97. The van der Waals surface area contributed by atoms with Crippen molar-refractivity contribution in [1.29, 1.82) is 0 Å². The molecule has 2 unspecified atom stereocenters. The van der Waals surface area contributed by atoms with Crippen LogP contribution in [0.4, 0.5) is 5.69 Å². The van der Waals surface area contributed by atoms with E-state index >= 15 is 0 Å². The topological polar surface area (TPSA) is 41.6 Å². The number of aryl methyl sites for hydroxylation is 1. The van der Waals surface area contributed by atoms with E-state index in [4.69, 9.17) is 4.74 Å². The SMILES string of the molecule is CC(=O)Nc1cccc(OC2c3cc(C)ccc3CC2N2CCCC2)c1. The number of hydrogen-bond donors (Lipinski definition) is 1. The molecule has 1 saturated heterocycles. The van der Waals surface area contributed by atoms with Crippen LogP contribution in [0.1, 0.15) is 42.6 Å². The van der Waals surface area contributed by atoms with E-state index in [0.717, 1.165) is 30.9 Å². The average Bonchev–Trinajstić information content (AvgIpc) is 3.23. The minimum Gasteiger partial charge on any atom is -0.484 e. The fourth-order valence-corrected chi connectivity index (χ4v) is 4.24. The second-order valence-electron chi connectivity index (χ2n) is 7.46. The maximum atomic E-state index is 11.3. The lowest BCUT2D eigenvalue weighted by molar-refractivity contribution is -0.114. The fraction of sp³-hybridized carbons (Fsp3) is 0.409. The number of nitrogens with one attached hydrogen (secondary N) is 1. The Balaban J connectivity index is 1.63. The molecular formula is C22H26N2O2. The van der Waals surface area contributed by atoms with Gasteiger partial charge in [0.25, 0.3) is 0 Å². The van der Waals surface area contributed by atoms with Gasteiger partial charge < -0.3 is 10.1 Å². The molecule has 0 spiro atoms. The normalized spacial score (nSPS) is 22.2. The largest absolute Gasteiger partial charge is 0.484 e. The molecule has 0 saturated carbocycles. The number of amides is 1. The fourth-order valence-electron chi connectivity index (χ4n) is 4.24. The van der Waals surface area contributed by atoms with Crippen molar-refractivity contribution in [2.75, 3.05) is 18.4 Å². The zero-order valence-electron chi connectivity index (χ0n) is 15.5. The van der Waals surface area contributed by atoms with Gasteiger partial charge in [-0.25, -0.2) is 0 Å². The van der Waals surface area contributed by atoms with Gasteiger partial charge in [-0.05, 0) is 62.5 Å². The highest BCUT2D eigenvalue weighted by Crippen LogP contribution is 2.39. The van der Waals surface area contributed by atoms with E-state index in [1.807, 2.05) is 24.3 Å². The van der Waals surface area contributed by atoms with Crippen LogP contribution in [0, 0.1) is 6.92 Å². The molecule has 0 bridgehead atoms. The van der Waals surface area contributed by atoms with Crippen molar-refractivity contribution in [3.63, 3.8) is 0 Å². The molecule has 2 aliphatic rings. The summed E-state index contributed by atoms with van der Waals surface area (Å²) in [5.74, 6) is 0.735. The zero-order valence-corrected chi connectivity index (χ0v) is 15.5. The third-order valence-electron chi connectivity index (χ3n) is 5.41. The first-order chi connectivity index (χ1) is 12.6. The van der Waals surface area contributed by atoms with Crippen molar-refractivity contribution < 1.29 is 9.53 Å². The van der Waals surface area contributed by atoms with Gasteiger partial charge in [0, 0.05) is 18.7 Å². The van der Waals surface area contributed by atoms with Crippen molar-refractivity contribution >= 4 is 11.6 Å². The van der Waals surface area contributed by atoms with Crippen molar-refractivity contribution in [2.24, 2.45) is 0 Å². The van der Waals surface area contributed by atoms with E-state index in [9.17, 15) is 4.79 Å². The Bertz CT molecular complexity index is 812. The van der Waals surface area contributed by atoms with E-state index in [1.54, 1.807) is 0 Å². The van der Waals surface area contributed by atoms with Gasteiger partial charge >= 0.3 is 0 Å². The molecule has 1 N–H and O–H groups in total. The van der Waals surface area contributed by atoms with Gasteiger partial charge in [0.15, 0.2) is 0 Å². The minimum atomic E-state index is -0.0704. The summed E-state index contributed by atoms with van der Waals surface area (Å²) in [7, 11) is 0. The maximum absolute atomic E-state index is 11.3. The molecule has 1 fully saturated rings. The molecule has 4 rings (SSSR count). The summed E-state index contributed by atoms with van der Waals surface area (Å²) in [5.41, 5.74) is 4.75. The van der Waals surface area contributed by atoms with Gasteiger partial charge in [-0.1, -0.05) is 29.8 Å². The van der Waals surface area contributed by atoms with Crippen LogP contribution in [-0.4, -0.2) is 29.9 Å². The van der Waals surface area contributed by atoms with Crippen LogP contribution in [0.15, 0.2) is 42.5 Å². The maximum Gasteiger partial charge on any atom is 0.221 e. The smallest absolute Gasteiger partial charge is 0.221 e. The number of carbonyl (C=O) groups is 1. The summed E-state index contributed by atoms with van der Waals surface area (Å²) >= 11 is 0. The Morgan fingerprint density at radius 1 is 1.15 bits per heavy atom. The van der Waals surface area contributed by atoms with Gasteiger partial charge in [-0.2, -0.15) is 0 Å². The average molecular weight is 350 g/mol. The number of rotatable bonds is 4. The van der Waals surface area contributed by atoms with Crippen LogP contribution >= 0.6 is 0 Å². The number of carbonyl (C=O) groups excluding carboxylic acids is 1. The molecule has 1 amide bonds. The third kappa shape index (κ3) is 3.47. The predicted octanol–water partition coefficient (Wildman–Crippen LogP) is 4.09. The van der Waals surface area contributed by atoms with E-state index in [0.29, 0.717) is 6.04 Å². The first kappa shape index (κ1) is 17.1. The Kier molecular flexibility index (Phi) is 4.68. The second-order valence-corrected chi connectivity index (χ2v) is 7.46. The molecule has 136 valence electrons. The van der Waals surface area contributed by atoms with E-state index in [2.05, 4.69) is 35.3 Å². The quantitative estimate of drug-likeness (QED) is 0.903. The molecule has 2 aromatic rings. The van der Waals surface area contributed by atoms with Gasteiger partial charge in [0.05, 0.1) is 6.04 Å². The lowest BCUT2D eigenvalue weighted by Crippen LogP contribution is -2.38. The zero-order chi connectivity index (χ0) is 18.1. The highest BCUT2D eigenvalue weighted by atomic mass is 16.5. The minimum absolute atomic E-state index is 0.0376. The number of ether oxygens (including phenoxy) is 1. The van der Waals surface area contributed by atoms with E-state index in [1.165, 1.54) is 36.5 Å². The summed E-state index contributed by atoms with van der Waals surface area (Å²) in [5, 5.41) is 2.84. The molecule has 0 aromatic heterocycles. The molecular weight excluding hydrogens is 324 g/mol. The standard InChI is InChI=1S/C22H26N2O2/c1-15-8-9-17-13-21(24-10-3-4-11-24)22(20(17)12-15)26-19-7-5-6-18(14-19)23-16(2)25/h5-9,12,14,21-22H,3-4,10-11,13H2,1-2H3,(H,23,25). The van der Waals surface area contributed by atoms with E-state index in [-0.39, 0.29) is 12.0 Å². The van der Waals surface area contributed by atoms with Crippen LogP contribution in [0.2, 0.25) is 0 Å². The summed E-state index contributed by atoms with van der Waals surface area (Å²) < 4.78 is 6.51. The van der Waals surface area contributed by atoms with Crippen LogP contribution in [0.5, 0.6) is 5.75 Å². The van der Waals surface area contributed by atoms with Crippen LogP contribution in [0.25, 0.3) is 0 Å². The number of fused-ring (bicyclic) bond motifs is 1. The second kappa shape index (κ2) is 7.12. The number of anilines is 1. The molecule has 1 aliphatic heterocycles. The van der Waals surface area contributed by atoms with E-state index < -0.39 is 0 Å².